The summed E-state index contributed by atoms with van der Waals surface area (Å²) in [6.07, 6.45) is 22.3. The number of likely N-dealkylation sites (tertiary alicyclic amines) is 4. The molecule has 0 amide bonds. The average Bonchev–Trinajstić information content (AvgIpc) is 4.31. The van der Waals surface area contributed by atoms with Crippen LogP contribution in [0.5, 0.6) is 0 Å². The zero-order chi connectivity index (χ0) is 51.0. The molecule has 2 atom stereocenters. The van der Waals surface area contributed by atoms with Crippen LogP contribution in [0.3, 0.4) is 0 Å². The van der Waals surface area contributed by atoms with E-state index in [0.29, 0.717) is 30.3 Å². The van der Waals surface area contributed by atoms with Gasteiger partial charge in [0.1, 0.15) is 5.60 Å². The second-order valence-electron chi connectivity index (χ2n) is 23.2. The molecule has 4 aromatic carbocycles. The van der Waals surface area contributed by atoms with E-state index < -0.39 is 11.6 Å². The van der Waals surface area contributed by atoms with Crippen LogP contribution < -0.4 is 0 Å². The lowest BCUT2D eigenvalue weighted by molar-refractivity contribution is -0.137. The van der Waals surface area contributed by atoms with Gasteiger partial charge >= 0.3 is 5.97 Å². The average molecular weight is 1020 g/mol. The first kappa shape index (κ1) is 49.4. The third kappa shape index (κ3) is 9.90. The van der Waals surface area contributed by atoms with Crippen LogP contribution in [0.2, 0.25) is 0 Å². The lowest BCUT2D eigenvalue weighted by atomic mass is 9.70. The van der Waals surface area contributed by atoms with Gasteiger partial charge in [0.15, 0.2) is 0 Å². The minimum Gasteiger partial charge on any atom is -0.481 e. The molecule has 76 heavy (non-hydrogen) atoms. The van der Waals surface area contributed by atoms with Crippen LogP contribution in [0.4, 0.5) is 0 Å². The standard InChI is InChI=1S/C65H76N8O3/c74-64(75)37-49-17-18-50(42-71-29-21-46(22-30-71)56-39-67-61-14-6-2-10-52(56)61)65(44-73-33-25-48(26-34-73)58-41-69-63-16-8-4-12-54(58)63,59(49)43-72-31-23-47(24-32-72)57-40-68-62-15-7-3-11-53(57)62)76-36-35-70-27-19-45(20-28-70)55-38-66-60-13-5-1-9-51(55)60/h1-18,38-41,45-48,59,66-69H,19-37,42-44H2,(H,74,75). The van der Waals surface area contributed by atoms with Crippen molar-refractivity contribution >= 4 is 49.6 Å². The fourth-order valence-electron chi connectivity index (χ4n) is 14.9. The molecule has 5 N–H and O–H groups in total. The number of hydrogen-bond donors (Lipinski definition) is 5. The van der Waals surface area contributed by atoms with Gasteiger partial charge in [0.25, 0.3) is 0 Å². The zero-order valence-corrected chi connectivity index (χ0v) is 44.2. The predicted octanol–water partition coefficient (Wildman–Crippen LogP) is 12.1. The van der Waals surface area contributed by atoms with Gasteiger partial charge in [0, 0.05) is 100 Å². The number of allylic oxidation sites excluding steroid dienone is 2. The summed E-state index contributed by atoms with van der Waals surface area (Å²) in [4.78, 5) is 38.0. The molecule has 8 heterocycles. The molecule has 4 aliphatic heterocycles. The number of aromatic amines is 4. The Bertz CT molecular complexity index is 3340. The van der Waals surface area contributed by atoms with Gasteiger partial charge in [-0.05, 0) is 179 Å². The number of ether oxygens (including phenoxy) is 1. The van der Waals surface area contributed by atoms with Crippen molar-refractivity contribution in [1.29, 1.82) is 0 Å². The molecule has 13 rings (SSSR count). The highest BCUT2D eigenvalue weighted by Gasteiger charge is 2.50. The molecule has 5 aliphatic rings. The highest BCUT2D eigenvalue weighted by molar-refractivity contribution is 5.86. The summed E-state index contributed by atoms with van der Waals surface area (Å²) in [5, 5.41) is 16.1. The van der Waals surface area contributed by atoms with Crippen molar-refractivity contribution < 1.29 is 14.6 Å². The molecule has 4 fully saturated rings. The highest BCUT2D eigenvalue weighted by Crippen LogP contribution is 2.45. The number of fused-ring (bicyclic) bond motifs is 4. The van der Waals surface area contributed by atoms with Crippen molar-refractivity contribution in [3.05, 3.63) is 167 Å². The molecule has 11 heteroatoms. The Morgan fingerprint density at radius 3 is 1.30 bits per heavy atom. The topological polar surface area (TPSA) is 123 Å². The fraction of sp³-hybridized carbons (Fsp3) is 0.431. The van der Waals surface area contributed by atoms with Crippen LogP contribution in [0.25, 0.3) is 43.6 Å². The molecule has 0 radical (unpaired) electrons. The van der Waals surface area contributed by atoms with Crippen LogP contribution in [-0.4, -0.2) is 141 Å². The molecule has 4 saturated heterocycles. The molecular weight excluding hydrogens is 941 g/mol. The summed E-state index contributed by atoms with van der Waals surface area (Å²) in [6, 6.07) is 34.9. The number of nitrogens with zero attached hydrogens (tertiary/aromatic N) is 4. The zero-order valence-electron chi connectivity index (χ0n) is 44.2. The molecule has 8 aromatic rings. The number of aliphatic carboxylic acids is 1. The Kier molecular flexibility index (Phi) is 14.1. The number of carboxylic acid groups (broad SMARTS) is 1. The molecular formula is C65H76N8O3. The maximum absolute atomic E-state index is 13.1. The van der Waals surface area contributed by atoms with E-state index in [1.165, 1.54) is 71.4 Å². The summed E-state index contributed by atoms with van der Waals surface area (Å²) in [5.74, 6) is 1.12. The van der Waals surface area contributed by atoms with Crippen molar-refractivity contribution in [3.8, 4) is 0 Å². The van der Waals surface area contributed by atoms with Crippen LogP contribution in [0.15, 0.2) is 145 Å². The van der Waals surface area contributed by atoms with Crippen LogP contribution in [-0.2, 0) is 9.53 Å². The normalized spacial score (nSPS) is 22.8. The van der Waals surface area contributed by atoms with Gasteiger partial charge in [0.05, 0.1) is 13.0 Å². The molecule has 11 nitrogen and oxygen atoms in total. The monoisotopic (exact) mass is 1020 g/mol. The molecule has 0 saturated carbocycles. The lowest BCUT2D eigenvalue weighted by Crippen LogP contribution is -2.59. The predicted molar refractivity (Wildman–Crippen MR) is 307 cm³/mol. The minimum atomic E-state index is -0.767. The Morgan fingerprint density at radius 2 is 0.882 bits per heavy atom. The van der Waals surface area contributed by atoms with Gasteiger partial charge in [-0.2, -0.15) is 0 Å². The van der Waals surface area contributed by atoms with Crippen molar-refractivity contribution in [2.45, 2.75) is 87.1 Å². The Balaban J connectivity index is 0.797. The molecule has 0 spiro atoms. The van der Waals surface area contributed by atoms with Crippen molar-refractivity contribution in [1.82, 2.24) is 39.5 Å². The van der Waals surface area contributed by atoms with Gasteiger partial charge < -0.3 is 44.5 Å². The number of rotatable bonds is 16. The lowest BCUT2D eigenvalue weighted by Gasteiger charge is -2.51. The highest BCUT2D eigenvalue weighted by atomic mass is 16.5. The van der Waals surface area contributed by atoms with Crippen molar-refractivity contribution in [2.75, 3.05) is 85.1 Å². The first-order valence-corrected chi connectivity index (χ1v) is 28.8. The van der Waals surface area contributed by atoms with Crippen molar-refractivity contribution in [3.63, 3.8) is 0 Å². The Hall–Kier alpha value is -6.21. The third-order valence-corrected chi connectivity index (χ3v) is 19.1. The number of aromatic nitrogens is 4. The van der Waals surface area contributed by atoms with E-state index in [0.717, 1.165) is 135 Å². The summed E-state index contributed by atoms with van der Waals surface area (Å²) in [7, 11) is 0. The molecule has 394 valence electrons. The van der Waals surface area contributed by atoms with E-state index in [2.05, 4.69) is 174 Å². The molecule has 0 bridgehead atoms. The second-order valence-corrected chi connectivity index (χ2v) is 23.2. The summed E-state index contributed by atoms with van der Waals surface area (Å²) < 4.78 is 7.91. The number of hydrogen-bond acceptors (Lipinski definition) is 6. The molecule has 2 unspecified atom stereocenters. The summed E-state index contributed by atoms with van der Waals surface area (Å²) in [5.41, 5.74) is 12.2. The maximum atomic E-state index is 13.1. The van der Waals surface area contributed by atoms with Crippen molar-refractivity contribution in [2.24, 2.45) is 5.92 Å². The van der Waals surface area contributed by atoms with Gasteiger partial charge in [-0.25, -0.2) is 0 Å². The van der Waals surface area contributed by atoms with Gasteiger partial charge in [-0.3, -0.25) is 9.69 Å². The Labute approximate surface area is 447 Å². The SMILES string of the molecule is O=C(O)CC1=CC=C(CN2CCC(c3c[nH]c4ccccc34)CC2)C(CN2CCC(c3c[nH]c4ccccc34)CC2)(OCCN2CCC(c3c[nH]c4ccccc34)CC2)C1CN1CCC(c2c[nH]c3ccccc23)CC1. The Morgan fingerprint density at radius 1 is 0.500 bits per heavy atom. The first-order valence-electron chi connectivity index (χ1n) is 28.8. The van der Waals surface area contributed by atoms with E-state index in [1.54, 1.807) is 0 Å². The fourth-order valence-corrected chi connectivity index (χ4v) is 14.9. The van der Waals surface area contributed by atoms with Crippen LogP contribution >= 0.6 is 0 Å². The quantitative estimate of drug-likeness (QED) is 0.0653. The van der Waals surface area contributed by atoms with Gasteiger partial charge in [-0.1, -0.05) is 90.5 Å². The van der Waals surface area contributed by atoms with E-state index >= 15 is 0 Å². The number of piperidine rings is 4. The van der Waals surface area contributed by atoms with Gasteiger partial charge in [-0.15, -0.1) is 0 Å². The number of nitrogens with one attached hydrogen (secondary N) is 4. The smallest absolute Gasteiger partial charge is 0.307 e. The van der Waals surface area contributed by atoms with E-state index in [9.17, 15) is 9.90 Å². The summed E-state index contributed by atoms with van der Waals surface area (Å²) in [6.45, 7) is 11.8. The molecule has 4 aromatic heterocycles. The van der Waals surface area contributed by atoms with Gasteiger partial charge in [0.2, 0.25) is 0 Å². The number of carbonyl (C=O) groups is 1. The third-order valence-electron chi connectivity index (χ3n) is 19.1. The number of para-hydroxylation sites is 4. The second kappa shape index (κ2) is 21.7. The number of H-pyrrole nitrogens is 4. The van der Waals surface area contributed by atoms with E-state index in [4.69, 9.17) is 4.74 Å². The minimum absolute atomic E-state index is 0.0192. The van der Waals surface area contributed by atoms with Crippen LogP contribution in [0.1, 0.15) is 104 Å². The van der Waals surface area contributed by atoms with Crippen LogP contribution in [0, 0.1) is 5.92 Å². The number of benzene rings is 4. The largest absolute Gasteiger partial charge is 0.481 e. The first-order chi connectivity index (χ1) is 37.4. The number of carboxylic acids is 1. The van der Waals surface area contributed by atoms with E-state index in [1.807, 2.05) is 0 Å². The molecule has 1 aliphatic carbocycles. The summed E-state index contributed by atoms with van der Waals surface area (Å²) >= 11 is 0. The maximum Gasteiger partial charge on any atom is 0.307 e. The van der Waals surface area contributed by atoms with E-state index in [-0.39, 0.29) is 12.3 Å².